The third kappa shape index (κ3) is 5.73. The maximum atomic E-state index is 5.30. The van der Waals surface area contributed by atoms with Crippen LogP contribution in [0.25, 0.3) is 32.7 Å². The molecule has 0 aromatic heterocycles. The van der Waals surface area contributed by atoms with Crippen LogP contribution in [0.15, 0.2) is 168 Å². The van der Waals surface area contributed by atoms with Gasteiger partial charge in [-0.05, 0) is 97.3 Å². The molecule has 3 heteroatoms. The number of aliphatic imine (C=N–C) groups is 2. The molecule has 2 aliphatic rings. The molecule has 0 amide bonds. The first-order valence-corrected chi connectivity index (χ1v) is 18.1. The molecule has 7 aromatic carbocycles. The van der Waals surface area contributed by atoms with E-state index >= 15 is 0 Å². The van der Waals surface area contributed by atoms with Gasteiger partial charge in [0.15, 0.2) is 5.84 Å². The third-order valence-corrected chi connectivity index (χ3v) is 11.2. The molecule has 0 N–H and O–H groups in total. The number of hydrogen-bond donors (Lipinski definition) is 0. The van der Waals surface area contributed by atoms with Gasteiger partial charge >= 0.3 is 0 Å². The summed E-state index contributed by atoms with van der Waals surface area (Å²) in [5, 5.41) is 4.97. The van der Waals surface area contributed by atoms with Crippen molar-refractivity contribution in [3.8, 4) is 11.1 Å². The number of fused-ring (bicyclic) bond motifs is 3. The van der Waals surface area contributed by atoms with E-state index in [1.165, 1.54) is 49.4 Å². The van der Waals surface area contributed by atoms with Crippen molar-refractivity contribution in [1.29, 1.82) is 0 Å². The van der Waals surface area contributed by atoms with E-state index in [1.54, 1.807) is 0 Å². The van der Waals surface area contributed by atoms with Gasteiger partial charge in [-0.2, -0.15) is 0 Å². The van der Waals surface area contributed by atoms with Crippen molar-refractivity contribution in [2.75, 3.05) is 7.05 Å². The number of hydrogen-bond acceptors (Lipinski definition) is 3. The first kappa shape index (κ1) is 31.2. The van der Waals surface area contributed by atoms with E-state index in [0.717, 1.165) is 41.2 Å². The number of amidine groups is 2. The standard InChI is InChI=1S/C48H41N3/c1-32-30-48(2,31-42-25-23-39(29-44(32)42)38-22-20-33-12-7-9-16-36(33)26-38)43-19-11-18-41(28-43)47-50-45(40-24-21-34-13-8-10-17-37(34)27-40)49-46(51(47)3)35-14-5-4-6-15-35/h4-29,32,46H,30-31H2,1-3H3/t32-,46?,48?/m0/s1. The average Bonchev–Trinajstić information content (AvgIpc) is 3.18. The van der Waals surface area contributed by atoms with Gasteiger partial charge in [-0.3, -0.25) is 0 Å². The molecule has 248 valence electrons. The lowest BCUT2D eigenvalue weighted by Gasteiger charge is -2.40. The summed E-state index contributed by atoms with van der Waals surface area (Å²) in [6.45, 7) is 4.85. The molecule has 7 aromatic rings. The molecule has 3 atom stereocenters. The second-order valence-electron chi connectivity index (χ2n) is 14.7. The van der Waals surface area contributed by atoms with E-state index in [1.807, 2.05) is 0 Å². The van der Waals surface area contributed by atoms with Crippen LogP contribution >= 0.6 is 0 Å². The van der Waals surface area contributed by atoms with E-state index in [9.17, 15) is 0 Å². The Kier molecular flexibility index (Phi) is 7.65. The van der Waals surface area contributed by atoms with Crippen molar-refractivity contribution in [1.82, 2.24) is 4.90 Å². The third-order valence-electron chi connectivity index (χ3n) is 11.2. The van der Waals surface area contributed by atoms with Gasteiger partial charge in [0.05, 0.1) is 0 Å². The summed E-state index contributed by atoms with van der Waals surface area (Å²) in [4.78, 5) is 12.8. The minimum absolute atomic E-state index is 0.00517. The molecule has 0 radical (unpaired) electrons. The highest BCUT2D eigenvalue weighted by Gasteiger charge is 2.36. The zero-order valence-electron chi connectivity index (χ0n) is 29.4. The van der Waals surface area contributed by atoms with E-state index < -0.39 is 0 Å². The van der Waals surface area contributed by atoms with Crippen LogP contribution < -0.4 is 0 Å². The summed E-state index contributed by atoms with van der Waals surface area (Å²) in [7, 11) is 2.12. The zero-order valence-corrected chi connectivity index (χ0v) is 29.4. The van der Waals surface area contributed by atoms with E-state index in [0.29, 0.717) is 5.92 Å². The Morgan fingerprint density at radius 2 is 1.22 bits per heavy atom. The molecule has 0 fully saturated rings. The van der Waals surface area contributed by atoms with Gasteiger partial charge in [0, 0.05) is 18.2 Å². The van der Waals surface area contributed by atoms with E-state index in [2.05, 4.69) is 184 Å². The van der Waals surface area contributed by atoms with Crippen molar-refractivity contribution in [2.24, 2.45) is 9.98 Å². The molecule has 0 spiro atoms. The molecule has 0 saturated heterocycles. The zero-order chi connectivity index (χ0) is 34.5. The minimum atomic E-state index is -0.183. The molecule has 2 unspecified atom stereocenters. The summed E-state index contributed by atoms with van der Waals surface area (Å²) in [6.07, 6.45) is 1.91. The molecular formula is C48H41N3. The molecule has 0 bridgehead atoms. The second-order valence-corrected chi connectivity index (χ2v) is 14.7. The maximum Gasteiger partial charge on any atom is 0.159 e. The normalized spacial score (nSPS) is 20.2. The highest BCUT2D eigenvalue weighted by Crippen LogP contribution is 2.45. The summed E-state index contributed by atoms with van der Waals surface area (Å²) >= 11 is 0. The highest BCUT2D eigenvalue weighted by atomic mass is 15.3. The fourth-order valence-corrected chi connectivity index (χ4v) is 8.48. The van der Waals surface area contributed by atoms with Crippen LogP contribution in [0.2, 0.25) is 0 Å². The topological polar surface area (TPSA) is 28.0 Å². The first-order chi connectivity index (χ1) is 24.9. The molecule has 9 rings (SSSR count). The molecule has 1 heterocycles. The minimum Gasteiger partial charge on any atom is -0.333 e. The number of nitrogens with zero attached hydrogens (tertiary/aromatic N) is 3. The van der Waals surface area contributed by atoms with Gasteiger partial charge in [-0.1, -0.05) is 153 Å². The maximum absolute atomic E-state index is 5.30. The van der Waals surface area contributed by atoms with Crippen LogP contribution in [0.4, 0.5) is 0 Å². The van der Waals surface area contributed by atoms with Crippen molar-refractivity contribution in [2.45, 2.75) is 44.2 Å². The molecule has 3 nitrogen and oxygen atoms in total. The van der Waals surface area contributed by atoms with E-state index in [4.69, 9.17) is 9.98 Å². The van der Waals surface area contributed by atoms with Crippen molar-refractivity contribution in [3.05, 3.63) is 191 Å². The molecule has 1 aliphatic heterocycles. The molecule has 0 saturated carbocycles. The van der Waals surface area contributed by atoms with Gasteiger partial charge < -0.3 is 4.90 Å². The molecular weight excluding hydrogens is 619 g/mol. The van der Waals surface area contributed by atoms with Crippen LogP contribution in [0.5, 0.6) is 0 Å². The van der Waals surface area contributed by atoms with Gasteiger partial charge in [-0.25, -0.2) is 9.98 Å². The van der Waals surface area contributed by atoms with Crippen molar-refractivity contribution in [3.63, 3.8) is 0 Å². The average molecular weight is 660 g/mol. The van der Waals surface area contributed by atoms with Gasteiger partial charge in [0.1, 0.15) is 12.0 Å². The lowest BCUT2D eigenvalue weighted by molar-refractivity contribution is 0.371. The lowest BCUT2D eigenvalue weighted by Crippen LogP contribution is -2.36. The van der Waals surface area contributed by atoms with Crippen LogP contribution in [-0.4, -0.2) is 23.6 Å². The Balaban J connectivity index is 1.06. The summed E-state index contributed by atoms with van der Waals surface area (Å²) < 4.78 is 0. The summed E-state index contributed by atoms with van der Waals surface area (Å²) in [6, 6.07) is 57.3. The molecule has 1 aliphatic carbocycles. The number of rotatable bonds is 5. The Hall–Kier alpha value is -5.80. The van der Waals surface area contributed by atoms with Gasteiger partial charge in [0.25, 0.3) is 0 Å². The first-order valence-electron chi connectivity index (χ1n) is 18.1. The Morgan fingerprint density at radius 3 is 1.96 bits per heavy atom. The molecule has 51 heavy (non-hydrogen) atoms. The quantitative estimate of drug-likeness (QED) is 0.181. The smallest absolute Gasteiger partial charge is 0.159 e. The monoisotopic (exact) mass is 659 g/mol. The lowest BCUT2D eigenvalue weighted by atomic mass is 9.65. The fourth-order valence-electron chi connectivity index (χ4n) is 8.48. The second kappa shape index (κ2) is 12.5. The van der Waals surface area contributed by atoms with Crippen LogP contribution in [0.3, 0.4) is 0 Å². The van der Waals surface area contributed by atoms with Crippen molar-refractivity contribution >= 4 is 33.2 Å². The number of benzene rings is 7. The predicted octanol–water partition coefficient (Wildman–Crippen LogP) is 11.5. The Labute approximate surface area is 300 Å². The Bertz CT molecular complexity index is 2490. The van der Waals surface area contributed by atoms with Crippen LogP contribution in [0.1, 0.15) is 65.7 Å². The highest BCUT2D eigenvalue weighted by molar-refractivity contribution is 6.13. The Morgan fingerprint density at radius 1 is 0.588 bits per heavy atom. The van der Waals surface area contributed by atoms with Gasteiger partial charge in [-0.15, -0.1) is 0 Å². The van der Waals surface area contributed by atoms with Crippen LogP contribution in [-0.2, 0) is 11.8 Å². The predicted molar refractivity (Wildman–Crippen MR) is 214 cm³/mol. The largest absolute Gasteiger partial charge is 0.333 e. The summed E-state index contributed by atoms with van der Waals surface area (Å²) in [5.74, 6) is 2.14. The van der Waals surface area contributed by atoms with Gasteiger partial charge in [0.2, 0.25) is 0 Å². The van der Waals surface area contributed by atoms with E-state index in [-0.39, 0.29) is 11.6 Å². The summed E-state index contributed by atoms with van der Waals surface area (Å²) in [5.41, 5.74) is 10.2. The SMILES string of the molecule is C[C@H]1CC(C)(c2cccc(C3=NC(c4ccc5ccccc5c4)=NC(c4ccccc4)N3C)c2)Cc2ccc(-c3ccc4ccccc4c3)cc21. The van der Waals surface area contributed by atoms with Crippen LogP contribution in [0, 0.1) is 0 Å². The fraction of sp³-hybridized carbons (Fsp3) is 0.167. The van der Waals surface area contributed by atoms with Crippen molar-refractivity contribution < 1.29 is 0 Å².